The standard InChI is InChI=1S/C8H14F3NOS/c9-8(10,11)13-4-3-12-7-1-5-14-6-2-7/h7,12H,1-6H2. The molecule has 0 atom stereocenters. The summed E-state index contributed by atoms with van der Waals surface area (Å²) in [6.07, 6.45) is -2.42. The van der Waals surface area contributed by atoms with Gasteiger partial charge in [0.2, 0.25) is 0 Å². The van der Waals surface area contributed by atoms with Crippen molar-refractivity contribution in [3.05, 3.63) is 0 Å². The molecule has 0 bridgehead atoms. The molecule has 0 spiro atoms. The van der Waals surface area contributed by atoms with E-state index in [9.17, 15) is 13.2 Å². The molecule has 0 saturated carbocycles. The Balaban J connectivity index is 1.97. The summed E-state index contributed by atoms with van der Waals surface area (Å²) < 4.78 is 38.4. The fourth-order valence-electron chi connectivity index (χ4n) is 1.33. The van der Waals surface area contributed by atoms with Crippen LogP contribution in [0, 0.1) is 0 Å². The number of alkyl halides is 3. The number of thioether (sulfide) groups is 1. The van der Waals surface area contributed by atoms with Crippen molar-refractivity contribution in [3.63, 3.8) is 0 Å². The van der Waals surface area contributed by atoms with Crippen LogP contribution in [0.2, 0.25) is 0 Å². The summed E-state index contributed by atoms with van der Waals surface area (Å²) in [6, 6.07) is 0.369. The van der Waals surface area contributed by atoms with Crippen molar-refractivity contribution in [2.45, 2.75) is 25.2 Å². The number of hydrogen-bond acceptors (Lipinski definition) is 3. The lowest BCUT2D eigenvalue weighted by Crippen LogP contribution is -2.35. The van der Waals surface area contributed by atoms with Crippen molar-refractivity contribution in [1.82, 2.24) is 5.32 Å². The lowest BCUT2D eigenvalue weighted by atomic mass is 10.1. The summed E-state index contributed by atoms with van der Waals surface area (Å²) in [4.78, 5) is 0. The lowest BCUT2D eigenvalue weighted by molar-refractivity contribution is -0.323. The highest BCUT2D eigenvalue weighted by atomic mass is 32.2. The molecule has 1 aliphatic heterocycles. The van der Waals surface area contributed by atoms with Crippen LogP contribution in [0.4, 0.5) is 13.2 Å². The van der Waals surface area contributed by atoms with E-state index in [1.165, 1.54) is 0 Å². The monoisotopic (exact) mass is 229 g/mol. The van der Waals surface area contributed by atoms with Crippen molar-refractivity contribution in [2.75, 3.05) is 24.7 Å². The van der Waals surface area contributed by atoms with E-state index in [0.717, 1.165) is 24.3 Å². The van der Waals surface area contributed by atoms with Gasteiger partial charge in [-0.25, -0.2) is 0 Å². The molecule has 0 aliphatic carbocycles. The second kappa shape index (κ2) is 5.82. The maximum atomic E-state index is 11.6. The van der Waals surface area contributed by atoms with E-state index in [1.54, 1.807) is 0 Å². The second-order valence-corrected chi connectivity index (χ2v) is 4.36. The third kappa shape index (κ3) is 5.72. The molecule has 1 N–H and O–H groups in total. The Morgan fingerprint density at radius 1 is 1.29 bits per heavy atom. The molecule has 1 aliphatic rings. The van der Waals surface area contributed by atoms with E-state index >= 15 is 0 Å². The van der Waals surface area contributed by atoms with Crippen LogP contribution in [-0.4, -0.2) is 37.1 Å². The molecule has 0 unspecified atom stereocenters. The first-order valence-corrected chi connectivity index (χ1v) is 5.75. The maximum absolute atomic E-state index is 11.6. The van der Waals surface area contributed by atoms with Crippen LogP contribution >= 0.6 is 11.8 Å². The smallest absolute Gasteiger partial charge is 0.312 e. The summed E-state index contributed by atoms with van der Waals surface area (Å²) in [5, 5.41) is 3.06. The zero-order chi connectivity index (χ0) is 10.4. The van der Waals surface area contributed by atoms with E-state index in [2.05, 4.69) is 10.1 Å². The first kappa shape index (κ1) is 12.1. The number of halogens is 3. The van der Waals surface area contributed by atoms with Crippen LogP contribution in [0.25, 0.3) is 0 Å². The fraction of sp³-hybridized carbons (Fsp3) is 1.00. The summed E-state index contributed by atoms with van der Waals surface area (Å²) in [6.45, 7) is -0.0258. The van der Waals surface area contributed by atoms with Crippen molar-refractivity contribution < 1.29 is 17.9 Å². The molecule has 0 aromatic carbocycles. The highest BCUT2D eigenvalue weighted by molar-refractivity contribution is 7.99. The SMILES string of the molecule is FC(F)(F)OCCNC1CCSCC1. The predicted octanol–water partition coefficient (Wildman–Crippen LogP) is 2.01. The van der Waals surface area contributed by atoms with Crippen LogP contribution in [-0.2, 0) is 4.74 Å². The minimum Gasteiger partial charge on any atom is -0.312 e. The van der Waals surface area contributed by atoms with Crippen LogP contribution < -0.4 is 5.32 Å². The lowest BCUT2D eigenvalue weighted by Gasteiger charge is -2.22. The van der Waals surface area contributed by atoms with Gasteiger partial charge in [0.25, 0.3) is 0 Å². The van der Waals surface area contributed by atoms with Crippen molar-refractivity contribution in [1.29, 1.82) is 0 Å². The molecule has 0 aromatic rings. The van der Waals surface area contributed by atoms with Crippen LogP contribution in [0.3, 0.4) is 0 Å². The Labute approximate surface area is 85.6 Å². The van der Waals surface area contributed by atoms with Crippen LogP contribution in [0.1, 0.15) is 12.8 Å². The Morgan fingerprint density at radius 2 is 1.93 bits per heavy atom. The molecule has 0 aromatic heterocycles. The van der Waals surface area contributed by atoms with Gasteiger partial charge in [-0.1, -0.05) is 0 Å². The summed E-state index contributed by atoms with van der Waals surface area (Å²) in [5.74, 6) is 2.19. The van der Waals surface area contributed by atoms with Crippen LogP contribution in [0.15, 0.2) is 0 Å². The van der Waals surface area contributed by atoms with Crippen molar-refractivity contribution in [3.8, 4) is 0 Å². The molecule has 1 saturated heterocycles. The number of nitrogens with one attached hydrogen (secondary N) is 1. The van der Waals surface area contributed by atoms with E-state index in [4.69, 9.17) is 0 Å². The van der Waals surface area contributed by atoms with Gasteiger partial charge in [0.1, 0.15) is 0 Å². The predicted molar refractivity (Wildman–Crippen MR) is 50.4 cm³/mol. The minimum atomic E-state index is -4.50. The molecule has 2 nitrogen and oxygen atoms in total. The average molecular weight is 229 g/mol. The minimum absolute atomic E-state index is 0.273. The van der Waals surface area contributed by atoms with E-state index in [-0.39, 0.29) is 13.2 Å². The highest BCUT2D eigenvalue weighted by Gasteiger charge is 2.28. The summed E-state index contributed by atoms with van der Waals surface area (Å²) >= 11 is 1.89. The molecule has 0 amide bonds. The molecule has 1 heterocycles. The largest absolute Gasteiger partial charge is 0.522 e. The van der Waals surface area contributed by atoms with E-state index in [0.29, 0.717) is 6.04 Å². The zero-order valence-electron chi connectivity index (χ0n) is 7.77. The topological polar surface area (TPSA) is 21.3 Å². The first-order chi connectivity index (χ1) is 6.58. The van der Waals surface area contributed by atoms with Gasteiger partial charge in [-0.3, -0.25) is 4.74 Å². The van der Waals surface area contributed by atoms with E-state index < -0.39 is 6.36 Å². The Morgan fingerprint density at radius 3 is 2.50 bits per heavy atom. The molecule has 84 valence electrons. The van der Waals surface area contributed by atoms with Gasteiger partial charge in [0, 0.05) is 12.6 Å². The summed E-state index contributed by atoms with van der Waals surface area (Å²) in [7, 11) is 0. The van der Waals surface area contributed by atoms with Gasteiger partial charge in [0.05, 0.1) is 6.61 Å². The first-order valence-electron chi connectivity index (χ1n) is 4.60. The number of hydrogen-bond donors (Lipinski definition) is 1. The average Bonchev–Trinajstić information content (AvgIpc) is 2.13. The molecular formula is C8H14F3NOS. The van der Waals surface area contributed by atoms with Gasteiger partial charge < -0.3 is 5.32 Å². The number of rotatable bonds is 4. The third-order valence-corrected chi connectivity index (χ3v) is 3.07. The Hall–Kier alpha value is 0.0600. The third-order valence-electron chi connectivity index (χ3n) is 2.02. The number of ether oxygens (including phenoxy) is 1. The van der Waals surface area contributed by atoms with Gasteiger partial charge in [-0.2, -0.15) is 11.8 Å². The fourth-order valence-corrected chi connectivity index (χ4v) is 2.44. The van der Waals surface area contributed by atoms with E-state index in [1.807, 2.05) is 11.8 Å². The molecule has 1 fully saturated rings. The molecule has 6 heteroatoms. The quantitative estimate of drug-likeness (QED) is 0.745. The Kier molecular flexibility index (Phi) is 5.05. The van der Waals surface area contributed by atoms with Crippen LogP contribution in [0.5, 0.6) is 0 Å². The van der Waals surface area contributed by atoms with Crippen molar-refractivity contribution in [2.24, 2.45) is 0 Å². The molecule has 14 heavy (non-hydrogen) atoms. The van der Waals surface area contributed by atoms with Gasteiger partial charge in [-0.15, -0.1) is 13.2 Å². The molecular weight excluding hydrogens is 215 g/mol. The summed E-state index contributed by atoms with van der Waals surface area (Å²) in [5.41, 5.74) is 0. The van der Waals surface area contributed by atoms with Gasteiger partial charge >= 0.3 is 6.36 Å². The maximum Gasteiger partial charge on any atom is 0.522 e. The molecule has 0 radical (unpaired) electrons. The van der Waals surface area contributed by atoms with Gasteiger partial charge in [0.15, 0.2) is 0 Å². The van der Waals surface area contributed by atoms with Gasteiger partial charge in [-0.05, 0) is 24.3 Å². The molecule has 1 rings (SSSR count). The normalized spacial score (nSPS) is 19.9. The Bertz CT molecular complexity index is 159. The second-order valence-electron chi connectivity index (χ2n) is 3.13. The zero-order valence-corrected chi connectivity index (χ0v) is 8.59. The highest BCUT2D eigenvalue weighted by Crippen LogP contribution is 2.17. The van der Waals surface area contributed by atoms with Crippen molar-refractivity contribution >= 4 is 11.8 Å².